The molecule has 0 aliphatic carbocycles. The van der Waals surface area contributed by atoms with E-state index in [1.165, 1.54) is 12.4 Å². The number of benzene rings is 1. The Bertz CT molecular complexity index is 1090. The van der Waals surface area contributed by atoms with Gasteiger partial charge in [-0.2, -0.15) is 13.2 Å². The van der Waals surface area contributed by atoms with E-state index in [4.69, 9.17) is 0 Å². The van der Waals surface area contributed by atoms with E-state index in [-0.39, 0.29) is 29.8 Å². The Morgan fingerprint density at radius 3 is 2.55 bits per heavy atom. The van der Waals surface area contributed by atoms with Crippen molar-refractivity contribution in [1.29, 1.82) is 0 Å². The summed E-state index contributed by atoms with van der Waals surface area (Å²) in [5, 5.41) is 5.79. The number of pyridine rings is 1. The molecule has 1 fully saturated rings. The van der Waals surface area contributed by atoms with Crippen molar-refractivity contribution in [2.24, 2.45) is 0 Å². The molecule has 7 nitrogen and oxygen atoms in total. The highest BCUT2D eigenvalue weighted by Gasteiger charge is 2.35. The lowest BCUT2D eigenvalue weighted by Crippen LogP contribution is -2.44. The minimum Gasteiger partial charge on any atom is -0.354 e. The van der Waals surface area contributed by atoms with Gasteiger partial charge in [0.2, 0.25) is 0 Å². The molecule has 2 N–H and O–H groups in total. The van der Waals surface area contributed by atoms with Gasteiger partial charge in [-0.05, 0) is 31.0 Å². The zero-order chi connectivity index (χ0) is 23.4. The van der Waals surface area contributed by atoms with Gasteiger partial charge in [-0.15, -0.1) is 0 Å². The van der Waals surface area contributed by atoms with Crippen LogP contribution in [0.15, 0.2) is 60.9 Å². The predicted octanol–water partition coefficient (Wildman–Crippen LogP) is 4.20. The molecule has 172 valence electrons. The normalized spacial score (nSPS) is 17.0. The summed E-state index contributed by atoms with van der Waals surface area (Å²) in [5.74, 6) is 0.152. The van der Waals surface area contributed by atoms with Crippen LogP contribution in [0.1, 0.15) is 30.6 Å². The summed E-state index contributed by atoms with van der Waals surface area (Å²) < 4.78 is 40.4. The number of aromatic nitrogens is 3. The first-order chi connectivity index (χ1) is 15.8. The molecule has 3 aromatic rings. The molecule has 0 spiro atoms. The standard InChI is InChI=1S/C23H23F3N6O/c1-15(16-5-3-2-4-6-16)28-22(33)29-18-9-12-32(14-18)20-13-19(23(24,25)26)30-21(31-20)17-7-10-27-11-8-17/h2-8,10-11,13,15,18H,9,12,14H2,1H3,(H2,28,29,33). The summed E-state index contributed by atoms with van der Waals surface area (Å²) in [4.78, 5) is 26.1. The maximum atomic E-state index is 13.5. The maximum absolute atomic E-state index is 13.5. The fourth-order valence-corrected chi connectivity index (χ4v) is 3.71. The Labute approximate surface area is 189 Å². The molecule has 33 heavy (non-hydrogen) atoms. The van der Waals surface area contributed by atoms with E-state index >= 15 is 0 Å². The number of halogens is 3. The third-order valence-electron chi connectivity index (χ3n) is 5.44. The van der Waals surface area contributed by atoms with E-state index < -0.39 is 11.9 Å². The molecule has 0 radical (unpaired) electrons. The highest BCUT2D eigenvalue weighted by molar-refractivity contribution is 5.75. The van der Waals surface area contributed by atoms with Gasteiger partial charge in [0, 0.05) is 43.2 Å². The number of rotatable bonds is 5. The summed E-state index contributed by atoms with van der Waals surface area (Å²) in [6, 6.07) is 12.9. The van der Waals surface area contributed by atoms with Gasteiger partial charge in [-0.25, -0.2) is 14.8 Å². The van der Waals surface area contributed by atoms with Crippen molar-refractivity contribution < 1.29 is 18.0 Å². The lowest BCUT2D eigenvalue weighted by Gasteiger charge is -2.21. The van der Waals surface area contributed by atoms with Crippen molar-refractivity contribution in [2.75, 3.05) is 18.0 Å². The number of alkyl halides is 3. The summed E-state index contributed by atoms with van der Waals surface area (Å²) in [6.45, 7) is 2.69. The second-order valence-corrected chi connectivity index (χ2v) is 7.85. The number of urea groups is 1. The second-order valence-electron chi connectivity index (χ2n) is 7.85. The van der Waals surface area contributed by atoms with Crippen LogP contribution in [0.3, 0.4) is 0 Å². The minimum absolute atomic E-state index is 0.0203. The number of hydrogen-bond donors (Lipinski definition) is 2. The fraction of sp³-hybridized carbons (Fsp3) is 0.304. The monoisotopic (exact) mass is 456 g/mol. The lowest BCUT2D eigenvalue weighted by molar-refractivity contribution is -0.141. The second kappa shape index (κ2) is 9.43. The number of amides is 2. The number of carbonyl (C=O) groups excluding carboxylic acids is 1. The summed E-state index contributed by atoms with van der Waals surface area (Å²) in [5.41, 5.74) is 0.413. The van der Waals surface area contributed by atoms with Crippen LogP contribution in [0, 0.1) is 0 Å². The van der Waals surface area contributed by atoms with Gasteiger partial charge < -0.3 is 15.5 Å². The minimum atomic E-state index is -4.61. The first-order valence-electron chi connectivity index (χ1n) is 10.5. The highest BCUT2D eigenvalue weighted by atomic mass is 19.4. The molecule has 1 aliphatic heterocycles. The van der Waals surface area contributed by atoms with Gasteiger partial charge in [0.1, 0.15) is 5.82 Å². The Kier molecular flexibility index (Phi) is 6.43. The van der Waals surface area contributed by atoms with Crippen LogP contribution >= 0.6 is 0 Å². The molecule has 2 unspecified atom stereocenters. The van der Waals surface area contributed by atoms with E-state index in [0.717, 1.165) is 11.6 Å². The topological polar surface area (TPSA) is 83.0 Å². The fourth-order valence-electron chi connectivity index (χ4n) is 3.71. The molecular weight excluding hydrogens is 433 g/mol. The number of hydrogen-bond acceptors (Lipinski definition) is 5. The van der Waals surface area contributed by atoms with Crippen molar-refractivity contribution in [3.8, 4) is 11.4 Å². The molecular formula is C23H23F3N6O. The number of carbonyl (C=O) groups is 1. The summed E-state index contributed by atoms with van der Waals surface area (Å²) in [6.07, 6.45) is -1.07. The van der Waals surface area contributed by atoms with E-state index in [1.54, 1.807) is 17.0 Å². The van der Waals surface area contributed by atoms with Gasteiger partial charge in [-0.1, -0.05) is 30.3 Å². The zero-order valence-corrected chi connectivity index (χ0v) is 17.9. The zero-order valence-electron chi connectivity index (χ0n) is 17.9. The Morgan fingerprint density at radius 1 is 1.12 bits per heavy atom. The van der Waals surface area contributed by atoms with Crippen LogP contribution in [0.2, 0.25) is 0 Å². The number of nitrogens with one attached hydrogen (secondary N) is 2. The molecule has 1 aliphatic rings. The molecule has 10 heteroatoms. The average Bonchev–Trinajstić information content (AvgIpc) is 3.27. The largest absolute Gasteiger partial charge is 0.433 e. The quantitative estimate of drug-likeness (QED) is 0.602. The van der Waals surface area contributed by atoms with Crippen molar-refractivity contribution in [3.05, 3.63) is 72.2 Å². The average molecular weight is 456 g/mol. The molecule has 1 saturated heterocycles. The van der Waals surface area contributed by atoms with Crippen LogP contribution in [0.4, 0.5) is 23.8 Å². The maximum Gasteiger partial charge on any atom is 0.433 e. The Hall–Kier alpha value is -3.69. The summed E-state index contributed by atoms with van der Waals surface area (Å²) >= 11 is 0. The van der Waals surface area contributed by atoms with Crippen molar-refractivity contribution in [2.45, 2.75) is 31.6 Å². The third kappa shape index (κ3) is 5.57. The van der Waals surface area contributed by atoms with Crippen LogP contribution in [-0.4, -0.2) is 40.1 Å². The van der Waals surface area contributed by atoms with E-state index in [2.05, 4.69) is 25.6 Å². The predicted molar refractivity (Wildman–Crippen MR) is 117 cm³/mol. The molecule has 1 aromatic carbocycles. The molecule has 4 rings (SSSR count). The number of nitrogens with zero attached hydrogens (tertiary/aromatic N) is 4. The lowest BCUT2D eigenvalue weighted by atomic mass is 10.1. The first kappa shape index (κ1) is 22.5. The van der Waals surface area contributed by atoms with Crippen LogP contribution in [-0.2, 0) is 6.18 Å². The Balaban J connectivity index is 1.45. The van der Waals surface area contributed by atoms with Crippen LogP contribution in [0.5, 0.6) is 0 Å². The molecule has 2 aromatic heterocycles. The van der Waals surface area contributed by atoms with E-state index in [1.807, 2.05) is 37.3 Å². The van der Waals surface area contributed by atoms with Crippen LogP contribution in [0.25, 0.3) is 11.4 Å². The smallest absolute Gasteiger partial charge is 0.354 e. The van der Waals surface area contributed by atoms with E-state index in [0.29, 0.717) is 25.1 Å². The third-order valence-corrected chi connectivity index (χ3v) is 5.44. The molecule has 0 bridgehead atoms. The van der Waals surface area contributed by atoms with Gasteiger partial charge in [0.05, 0.1) is 6.04 Å². The van der Waals surface area contributed by atoms with Gasteiger partial charge in [-0.3, -0.25) is 4.98 Å². The number of anilines is 1. The van der Waals surface area contributed by atoms with E-state index in [9.17, 15) is 18.0 Å². The molecule has 0 saturated carbocycles. The summed E-state index contributed by atoms with van der Waals surface area (Å²) in [7, 11) is 0. The Morgan fingerprint density at radius 2 is 1.85 bits per heavy atom. The van der Waals surface area contributed by atoms with Crippen LogP contribution < -0.4 is 15.5 Å². The first-order valence-corrected chi connectivity index (χ1v) is 10.5. The van der Waals surface area contributed by atoms with Crippen molar-refractivity contribution in [1.82, 2.24) is 25.6 Å². The highest BCUT2D eigenvalue weighted by Crippen LogP contribution is 2.32. The molecule has 2 amide bonds. The van der Waals surface area contributed by atoms with Gasteiger partial charge in [0.15, 0.2) is 11.5 Å². The molecule has 2 atom stereocenters. The van der Waals surface area contributed by atoms with Gasteiger partial charge >= 0.3 is 12.2 Å². The SMILES string of the molecule is CC(NC(=O)NC1CCN(c2cc(C(F)(F)F)nc(-c3ccncc3)n2)C1)c1ccccc1. The van der Waals surface area contributed by atoms with Gasteiger partial charge in [0.25, 0.3) is 0 Å². The molecule has 3 heterocycles. The van der Waals surface area contributed by atoms with Crippen molar-refractivity contribution in [3.63, 3.8) is 0 Å². The van der Waals surface area contributed by atoms with Crippen molar-refractivity contribution >= 4 is 11.8 Å².